The van der Waals surface area contributed by atoms with Gasteiger partial charge in [0.05, 0.1) is 0 Å². The maximum absolute atomic E-state index is 5.27. The van der Waals surface area contributed by atoms with Crippen LogP contribution in [0.1, 0.15) is 29.9 Å². The number of benzene rings is 1. The van der Waals surface area contributed by atoms with Crippen molar-refractivity contribution < 1.29 is 0 Å². The Balaban J connectivity index is 2.21. The molecule has 0 radical (unpaired) electrons. The summed E-state index contributed by atoms with van der Waals surface area (Å²) < 4.78 is 0. The standard InChI is InChI=1S/C12H16N2/c1-9-2-5-11(14-7-6-13)8-12(9)10-3-4-10/h2,5-8,10,14H,3-4,13H2,1H3/b7-6-. The average molecular weight is 188 g/mol. The van der Waals surface area contributed by atoms with E-state index in [1.54, 1.807) is 6.20 Å². The third kappa shape index (κ3) is 1.90. The number of rotatable bonds is 3. The average Bonchev–Trinajstić information content (AvgIpc) is 3.00. The molecule has 1 aromatic rings. The van der Waals surface area contributed by atoms with Crippen molar-refractivity contribution in [3.05, 3.63) is 41.7 Å². The lowest BCUT2D eigenvalue weighted by molar-refractivity contribution is 1.10. The van der Waals surface area contributed by atoms with Crippen LogP contribution in [0.2, 0.25) is 0 Å². The van der Waals surface area contributed by atoms with Gasteiger partial charge >= 0.3 is 0 Å². The third-order valence-electron chi connectivity index (χ3n) is 2.64. The molecule has 3 N–H and O–H groups in total. The Bertz CT molecular complexity index is 351. The van der Waals surface area contributed by atoms with E-state index in [0.29, 0.717) is 0 Å². The van der Waals surface area contributed by atoms with Crippen LogP contribution < -0.4 is 11.1 Å². The number of nitrogens with one attached hydrogen (secondary N) is 1. The fourth-order valence-corrected chi connectivity index (χ4v) is 1.71. The van der Waals surface area contributed by atoms with Crippen LogP contribution in [0, 0.1) is 6.92 Å². The summed E-state index contributed by atoms with van der Waals surface area (Å²) in [5, 5.41) is 3.14. The summed E-state index contributed by atoms with van der Waals surface area (Å²) in [6, 6.07) is 6.48. The van der Waals surface area contributed by atoms with Crippen LogP contribution in [-0.2, 0) is 0 Å². The molecule has 0 atom stereocenters. The fourth-order valence-electron chi connectivity index (χ4n) is 1.71. The van der Waals surface area contributed by atoms with Crippen LogP contribution in [0.4, 0.5) is 5.69 Å². The van der Waals surface area contributed by atoms with Crippen molar-refractivity contribution >= 4 is 5.69 Å². The smallest absolute Gasteiger partial charge is 0.0383 e. The van der Waals surface area contributed by atoms with Crippen LogP contribution in [0.5, 0.6) is 0 Å². The third-order valence-corrected chi connectivity index (χ3v) is 2.64. The first-order valence-corrected chi connectivity index (χ1v) is 5.05. The van der Waals surface area contributed by atoms with Crippen molar-refractivity contribution in [3.8, 4) is 0 Å². The number of hydrogen-bond acceptors (Lipinski definition) is 2. The van der Waals surface area contributed by atoms with Gasteiger partial charge in [0.1, 0.15) is 0 Å². The van der Waals surface area contributed by atoms with Crippen molar-refractivity contribution in [3.63, 3.8) is 0 Å². The van der Waals surface area contributed by atoms with Gasteiger partial charge in [0.2, 0.25) is 0 Å². The first-order valence-electron chi connectivity index (χ1n) is 5.05. The lowest BCUT2D eigenvalue weighted by Gasteiger charge is -2.07. The van der Waals surface area contributed by atoms with Gasteiger partial charge in [-0.05, 0) is 48.9 Å². The topological polar surface area (TPSA) is 38.0 Å². The molecule has 1 aromatic carbocycles. The van der Waals surface area contributed by atoms with E-state index in [-0.39, 0.29) is 0 Å². The molecule has 0 amide bonds. The molecule has 1 saturated carbocycles. The molecule has 0 heterocycles. The van der Waals surface area contributed by atoms with Gasteiger partial charge < -0.3 is 11.1 Å². The monoisotopic (exact) mass is 188 g/mol. The molecule has 1 fully saturated rings. The molecule has 0 bridgehead atoms. The Labute approximate surface area is 84.8 Å². The summed E-state index contributed by atoms with van der Waals surface area (Å²) >= 11 is 0. The summed E-state index contributed by atoms with van der Waals surface area (Å²) in [4.78, 5) is 0. The summed E-state index contributed by atoms with van der Waals surface area (Å²) in [6.45, 7) is 2.18. The van der Waals surface area contributed by atoms with Gasteiger partial charge in [-0.25, -0.2) is 0 Å². The zero-order chi connectivity index (χ0) is 9.97. The highest BCUT2D eigenvalue weighted by Crippen LogP contribution is 2.42. The lowest BCUT2D eigenvalue weighted by atomic mass is 10.0. The normalized spacial score (nSPS) is 16.1. The van der Waals surface area contributed by atoms with Gasteiger partial charge in [-0.1, -0.05) is 6.07 Å². The molecule has 2 heteroatoms. The molecule has 0 unspecified atom stereocenters. The molecule has 0 aliphatic heterocycles. The molecule has 0 aromatic heterocycles. The fraction of sp³-hybridized carbons (Fsp3) is 0.333. The molecule has 1 aliphatic carbocycles. The summed E-state index contributed by atoms with van der Waals surface area (Å²) in [5.74, 6) is 0.804. The molecule has 2 nitrogen and oxygen atoms in total. The molecular weight excluding hydrogens is 172 g/mol. The van der Waals surface area contributed by atoms with Crippen LogP contribution >= 0.6 is 0 Å². The van der Waals surface area contributed by atoms with E-state index in [4.69, 9.17) is 5.73 Å². The second-order valence-corrected chi connectivity index (χ2v) is 3.85. The van der Waals surface area contributed by atoms with Gasteiger partial charge in [-0.15, -0.1) is 0 Å². The maximum atomic E-state index is 5.27. The van der Waals surface area contributed by atoms with E-state index in [1.165, 1.54) is 30.2 Å². The molecule has 0 saturated heterocycles. The zero-order valence-electron chi connectivity index (χ0n) is 8.46. The minimum absolute atomic E-state index is 0.804. The molecule has 14 heavy (non-hydrogen) atoms. The van der Waals surface area contributed by atoms with Crippen LogP contribution in [-0.4, -0.2) is 0 Å². The molecule has 0 spiro atoms. The van der Waals surface area contributed by atoms with Gasteiger partial charge in [0, 0.05) is 18.1 Å². The predicted octanol–water partition coefficient (Wildman–Crippen LogP) is 2.71. The predicted molar refractivity (Wildman–Crippen MR) is 60.1 cm³/mol. The quantitative estimate of drug-likeness (QED) is 0.765. The van der Waals surface area contributed by atoms with E-state index in [0.717, 1.165) is 11.6 Å². The highest BCUT2D eigenvalue weighted by molar-refractivity contribution is 5.51. The molecule has 74 valence electrons. The van der Waals surface area contributed by atoms with E-state index < -0.39 is 0 Å². The van der Waals surface area contributed by atoms with Gasteiger partial charge in [-0.3, -0.25) is 0 Å². The molecule has 2 rings (SSSR count). The van der Waals surface area contributed by atoms with E-state index in [1.807, 2.05) is 0 Å². The second kappa shape index (κ2) is 3.74. The highest BCUT2D eigenvalue weighted by Gasteiger charge is 2.24. The highest BCUT2D eigenvalue weighted by atomic mass is 14.8. The van der Waals surface area contributed by atoms with Crippen molar-refractivity contribution in [2.75, 3.05) is 5.32 Å². The number of aryl methyl sites for hydroxylation is 1. The second-order valence-electron chi connectivity index (χ2n) is 3.85. The van der Waals surface area contributed by atoms with Crippen molar-refractivity contribution in [2.45, 2.75) is 25.7 Å². The Hall–Kier alpha value is -1.44. The van der Waals surface area contributed by atoms with Crippen LogP contribution in [0.3, 0.4) is 0 Å². The zero-order valence-corrected chi connectivity index (χ0v) is 8.46. The van der Waals surface area contributed by atoms with Crippen LogP contribution in [0.25, 0.3) is 0 Å². The first-order chi connectivity index (χ1) is 6.81. The van der Waals surface area contributed by atoms with Crippen molar-refractivity contribution in [1.29, 1.82) is 0 Å². The van der Waals surface area contributed by atoms with Gasteiger partial charge in [-0.2, -0.15) is 0 Å². The van der Waals surface area contributed by atoms with Crippen molar-refractivity contribution in [1.82, 2.24) is 0 Å². The Kier molecular flexibility index (Phi) is 2.44. The Morgan fingerprint density at radius 1 is 1.43 bits per heavy atom. The summed E-state index contributed by atoms with van der Waals surface area (Å²) in [5.41, 5.74) is 9.28. The maximum Gasteiger partial charge on any atom is 0.0383 e. The van der Waals surface area contributed by atoms with E-state index in [2.05, 4.69) is 30.4 Å². The van der Waals surface area contributed by atoms with Crippen molar-refractivity contribution in [2.24, 2.45) is 5.73 Å². The Morgan fingerprint density at radius 3 is 2.86 bits per heavy atom. The minimum Gasteiger partial charge on any atom is -0.403 e. The summed E-state index contributed by atoms with van der Waals surface area (Å²) in [7, 11) is 0. The SMILES string of the molecule is Cc1ccc(N/C=C\N)cc1C1CC1. The Morgan fingerprint density at radius 2 is 2.21 bits per heavy atom. The van der Waals surface area contributed by atoms with Crippen LogP contribution in [0.15, 0.2) is 30.6 Å². The largest absolute Gasteiger partial charge is 0.403 e. The number of nitrogens with two attached hydrogens (primary N) is 1. The van der Waals surface area contributed by atoms with Gasteiger partial charge in [0.15, 0.2) is 0 Å². The number of anilines is 1. The first kappa shape index (κ1) is 9.13. The molecular formula is C12H16N2. The van der Waals surface area contributed by atoms with E-state index in [9.17, 15) is 0 Å². The van der Waals surface area contributed by atoms with Gasteiger partial charge in [0.25, 0.3) is 0 Å². The number of hydrogen-bond donors (Lipinski definition) is 2. The lowest BCUT2D eigenvalue weighted by Crippen LogP contribution is -1.93. The molecule has 1 aliphatic rings. The van der Waals surface area contributed by atoms with E-state index >= 15 is 0 Å². The summed E-state index contributed by atoms with van der Waals surface area (Å²) in [6.07, 6.45) is 5.95. The minimum atomic E-state index is 0.804.